The Morgan fingerprint density at radius 3 is 2.22 bits per heavy atom. The van der Waals surface area contributed by atoms with Crippen LogP contribution in [0.25, 0.3) is 0 Å². The van der Waals surface area contributed by atoms with Crippen molar-refractivity contribution < 1.29 is 4.79 Å². The van der Waals surface area contributed by atoms with Gasteiger partial charge < -0.3 is 4.90 Å². The van der Waals surface area contributed by atoms with Gasteiger partial charge >= 0.3 is 0 Å². The zero-order valence-corrected chi connectivity index (χ0v) is 23.1. The van der Waals surface area contributed by atoms with E-state index in [2.05, 4.69) is 97.6 Å². The maximum absolute atomic E-state index is 13.1. The number of amides is 1. The van der Waals surface area contributed by atoms with E-state index < -0.39 is 0 Å². The zero-order chi connectivity index (χ0) is 25.6. The lowest BCUT2D eigenvalue weighted by Crippen LogP contribution is -2.50. The molecule has 3 aromatic carbocycles. The van der Waals surface area contributed by atoms with Gasteiger partial charge in [-0.1, -0.05) is 96.2 Å². The highest BCUT2D eigenvalue weighted by atomic mass is 32.2. The van der Waals surface area contributed by atoms with Crippen LogP contribution in [0.2, 0.25) is 0 Å². The highest BCUT2D eigenvalue weighted by molar-refractivity contribution is 8.00. The fraction of sp³-hybridized carbons (Fsp3) is 0.290. The van der Waals surface area contributed by atoms with Crippen LogP contribution in [0.3, 0.4) is 0 Å². The third kappa shape index (κ3) is 6.50. The number of aromatic nitrogens is 1. The molecule has 1 aromatic heterocycles. The lowest BCUT2D eigenvalue weighted by Gasteiger charge is -2.39. The first kappa shape index (κ1) is 25.7. The van der Waals surface area contributed by atoms with Gasteiger partial charge in [0.15, 0.2) is 0 Å². The molecular formula is C31H33N3OS2. The molecule has 0 saturated carbocycles. The van der Waals surface area contributed by atoms with Crippen LogP contribution < -0.4 is 0 Å². The summed E-state index contributed by atoms with van der Waals surface area (Å²) in [5.41, 5.74) is 7.41. The number of benzene rings is 3. The Morgan fingerprint density at radius 2 is 1.57 bits per heavy atom. The number of hydrogen-bond donors (Lipinski definition) is 0. The molecule has 0 radical (unpaired) electrons. The first-order chi connectivity index (χ1) is 18.1. The Labute approximate surface area is 228 Å². The Hall–Kier alpha value is -2.93. The van der Waals surface area contributed by atoms with Gasteiger partial charge in [-0.15, -0.1) is 11.3 Å². The molecule has 2 heterocycles. The summed E-state index contributed by atoms with van der Waals surface area (Å²) in [6.07, 6.45) is 0.376. The molecule has 6 heteroatoms. The monoisotopic (exact) mass is 527 g/mol. The number of rotatable bonds is 8. The maximum Gasteiger partial charge on any atom is 0.228 e. The largest absolute Gasteiger partial charge is 0.340 e. The molecule has 0 atom stereocenters. The number of carbonyl (C=O) groups is 1. The highest BCUT2D eigenvalue weighted by Crippen LogP contribution is 2.30. The fourth-order valence-corrected chi connectivity index (χ4v) is 6.82. The quantitative estimate of drug-likeness (QED) is 0.244. The van der Waals surface area contributed by atoms with E-state index in [4.69, 9.17) is 4.98 Å². The Bertz CT molecular complexity index is 1280. The molecule has 4 aromatic rings. The second kappa shape index (κ2) is 12.1. The minimum atomic E-state index is 0.173. The topological polar surface area (TPSA) is 36.4 Å². The Kier molecular flexibility index (Phi) is 8.39. The summed E-state index contributed by atoms with van der Waals surface area (Å²) in [5, 5.41) is 2.04. The molecular weight excluding hydrogens is 494 g/mol. The van der Waals surface area contributed by atoms with Gasteiger partial charge in [0.2, 0.25) is 5.91 Å². The van der Waals surface area contributed by atoms with Crippen LogP contribution in [0.15, 0.2) is 88.6 Å². The number of thiazole rings is 1. The van der Waals surface area contributed by atoms with Crippen LogP contribution >= 0.6 is 23.1 Å². The van der Waals surface area contributed by atoms with Gasteiger partial charge in [0, 0.05) is 37.3 Å². The molecule has 1 aliphatic heterocycles. The molecule has 37 heavy (non-hydrogen) atoms. The summed E-state index contributed by atoms with van der Waals surface area (Å²) >= 11 is 3.39. The van der Waals surface area contributed by atoms with E-state index in [-0.39, 0.29) is 11.9 Å². The smallest absolute Gasteiger partial charge is 0.228 e. The van der Waals surface area contributed by atoms with Crippen LogP contribution in [-0.2, 0) is 17.0 Å². The van der Waals surface area contributed by atoms with Crippen molar-refractivity contribution in [2.75, 3.05) is 26.2 Å². The molecule has 0 aliphatic carbocycles. The molecule has 1 fully saturated rings. The third-order valence-corrected chi connectivity index (χ3v) is 9.10. The second-order valence-electron chi connectivity index (χ2n) is 9.64. The summed E-state index contributed by atoms with van der Waals surface area (Å²) in [6, 6.07) is 28.1. The highest BCUT2D eigenvalue weighted by Gasteiger charge is 2.28. The molecule has 1 aliphatic rings. The van der Waals surface area contributed by atoms with E-state index in [1.807, 2.05) is 10.3 Å². The standard InChI is InChI=1S/C31H33N3OS2/c1-23-13-14-24(2)27(19-23)21-36-31-32-28(22-37-31)20-29(35)33-15-17-34(18-16-33)30(25-9-5-3-6-10-25)26-11-7-4-8-12-26/h3-14,19,22,30H,15-18,20-21H2,1-2H3. The van der Waals surface area contributed by atoms with E-state index in [1.54, 1.807) is 23.1 Å². The number of nitrogens with zero attached hydrogens (tertiary/aromatic N) is 3. The van der Waals surface area contributed by atoms with E-state index in [9.17, 15) is 4.79 Å². The summed E-state index contributed by atoms with van der Waals surface area (Å²) in [5.74, 6) is 1.08. The van der Waals surface area contributed by atoms with Crippen LogP contribution in [0.5, 0.6) is 0 Å². The maximum atomic E-state index is 13.1. The Morgan fingerprint density at radius 1 is 0.919 bits per heavy atom. The fourth-order valence-electron chi connectivity index (χ4n) is 4.91. The number of hydrogen-bond acceptors (Lipinski definition) is 5. The van der Waals surface area contributed by atoms with Crippen molar-refractivity contribution >= 4 is 29.0 Å². The predicted octanol–water partition coefficient (Wildman–Crippen LogP) is 6.53. The molecule has 0 spiro atoms. The van der Waals surface area contributed by atoms with Crippen LogP contribution in [0.1, 0.15) is 39.6 Å². The van der Waals surface area contributed by atoms with Gasteiger partial charge in [-0.2, -0.15) is 0 Å². The van der Waals surface area contributed by atoms with Crippen molar-refractivity contribution in [3.8, 4) is 0 Å². The van der Waals surface area contributed by atoms with Crippen LogP contribution in [0.4, 0.5) is 0 Å². The molecule has 1 amide bonds. The molecule has 0 bridgehead atoms. The van der Waals surface area contributed by atoms with Crippen molar-refractivity contribution in [3.05, 3.63) is 118 Å². The normalized spacial score (nSPS) is 14.3. The number of aryl methyl sites for hydroxylation is 2. The van der Waals surface area contributed by atoms with Gasteiger partial charge in [-0.3, -0.25) is 9.69 Å². The van der Waals surface area contributed by atoms with Crippen molar-refractivity contribution in [1.29, 1.82) is 0 Å². The number of piperazine rings is 1. The minimum absolute atomic E-state index is 0.173. The van der Waals surface area contributed by atoms with Crippen molar-refractivity contribution in [1.82, 2.24) is 14.8 Å². The summed E-state index contributed by atoms with van der Waals surface area (Å²) in [6.45, 7) is 7.48. The Balaban J connectivity index is 1.17. The molecule has 190 valence electrons. The average molecular weight is 528 g/mol. The molecule has 4 nitrogen and oxygen atoms in total. The number of carbonyl (C=O) groups excluding carboxylic acids is 1. The summed E-state index contributed by atoms with van der Waals surface area (Å²) < 4.78 is 1.03. The van der Waals surface area contributed by atoms with Crippen molar-refractivity contribution in [2.45, 2.75) is 36.4 Å². The van der Waals surface area contributed by atoms with Gasteiger partial charge in [0.1, 0.15) is 4.34 Å². The van der Waals surface area contributed by atoms with Crippen molar-refractivity contribution in [2.24, 2.45) is 0 Å². The van der Waals surface area contributed by atoms with E-state index in [0.717, 1.165) is 42.0 Å². The van der Waals surface area contributed by atoms with Gasteiger partial charge in [-0.25, -0.2) is 4.98 Å². The second-order valence-corrected chi connectivity index (χ2v) is 11.7. The number of thioether (sulfide) groups is 1. The molecule has 1 saturated heterocycles. The summed E-state index contributed by atoms with van der Waals surface area (Å²) in [7, 11) is 0. The first-order valence-corrected chi connectivity index (χ1v) is 14.7. The lowest BCUT2D eigenvalue weighted by molar-refractivity contribution is -0.132. The van der Waals surface area contributed by atoms with Gasteiger partial charge in [0.25, 0.3) is 0 Å². The van der Waals surface area contributed by atoms with Gasteiger partial charge in [-0.05, 0) is 36.1 Å². The molecule has 0 N–H and O–H groups in total. The minimum Gasteiger partial charge on any atom is -0.340 e. The SMILES string of the molecule is Cc1ccc(C)c(CSc2nc(CC(=O)N3CCN(C(c4ccccc4)c4ccccc4)CC3)cs2)c1. The molecule has 0 unspecified atom stereocenters. The lowest BCUT2D eigenvalue weighted by atomic mass is 9.96. The van der Waals surface area contributed by atoms with E-state index in [0.29, 0.717) is 6.42 Å². The molecule has 5 rings (SSSR count). The van der Waals surface area contributed by atoms with Crippen molar-refractivity contribution in [3.63, 3.8) is 0 Å². The first-order valence-electron chi connectivity index (χ1n) is 12.8. The van der Waals surface area contributed by atoms with E-state index in [1.165, 1.54) is 27.8 Å². The predicted molar refractivity (Wildman–Crippen MR) is 154 cm³/mol. The average Bonchev–Trinajstić information content (AvgIpc) is 3.38. The zero-order valence-electron chi connectivity index (χ0n) is 21.5. The van der Waals surface area contributed by atoms with E-state index >= 15 is 0 Å². The van der Waals surface area contributed by atoms with Crippen LogP contribution in [-0.4, -0.2) is 46.9 Å². The third-order valence-electron chi connectivity index (χ3n) is 6.98. The summed E-state index contributed by atoms with van der Waals surface area (Å²) in [4.78, 5) is 22.4. The van der Waals surface area contributed by atoms with Gasteiger partial charge in [0.05, 0.1) is 18.2 Å². The van der Waals surface area contributed by atoms with Crippen LogP contribution in [0, 0.1) is 13.8 Å².